The van der Waals surface area contributed by atoms with Crippen LogP contribution in [-0.4, -0.2) is 18.7 Å². The van der Waals surface area contributed by atoms with Gasteiger partial charge in [-0.05, 0) is 12.1 Å². The molecule has 0 aromatic rings. The van der Waals surface area contributed by atoms with Crippen LogP contribution in [0.25, 0.3) is 0 Å². The molecule has 3 heteroatoms. The van der Waals surface area contributed by atoms with Crippen molar-refractivity contribution in [1.82, 2.24) is 0 Å². The maximum Gasteiger partial charge on any atom is 0.0552 e. The highest BCUT2D eigenvalue weighted by atomic mass is 79.9. The zero-order chi connectivity index (χ0) is 8.16. The van der Waals surface area contributed by atoms with E-state index in [2.05, 4.69) is 31.9 Å². The number of halogens is 2. The van der Waals surface area contributed by atoms with Gasteiger partial charge in [0, 0.05) is 10.7 Å². The van der Waals surface area contributed by atoms with Crippen molar-refractivity contribution in [3.63, 3.8) is 0 Å². The minimum absolute atomic E-state index is 0.726. The van der Waals surface area contributed by atoms with E-state index in [4.69, 9.17) is 0 Å². The van der Waals surface area contributed by atoms with Gasteiger partial charge in [-0.3, -0.25) is 0 Å². The molecule has 0 saturated carbocycles. The topological polar surface area (TPSA) is 0 Å². The molecule has 1 aliphatic heterocycles. The molecule has 0 nitrogen and oxygen atoms in total. The van der Waals surface area contributed by atoms with Gasteiger partial charge in [0.15, 0.2) is 0 Å². The molecular formula is C8H16Br2Si. The van der Waals surface area contributed by atoms with Gasteiger partial charge in [0.2, 0.25) is 0 Å². The van der Waals surface area contributed by atoms with Crippen LogP contribution in [0, 0.1) is 0 Å². The van der Waals surface area contributed by atoms with Crippen LogP contribution in [0.3, 0.4) is 0 Å². The molecule has 1 heterocycles. The highest BCUT2D eigenvalue weighted by Crippen LogP contribution is 2.37. The lowest BCUT2D eigenvalue weighted by atomic mass is 10.4. The predicted molar refractivity (Wildman–Crippen MR) is 61.8 cm³/mol. The Hall–Kier alpha value is 1.18. The Morgan fingerprint density at radius 1 is 0.909 bits per heavy atom. The molecule has 1 fully saturated rings. The maximum atomic E-state index is 3.58. The summed E-state index contributed by atoms with van der Waals surface area (Å²) in [5.41, 5.74) is 0. The first-order valence-electron chi connectivity index (χ1n) is 4.45. The van der Waals surface area contributed by atoms with Gasteiger partial charge >= 0.3 is 0 Å². The SMILES string of the molecule is BrCC[Si]1(CCBr)CCCC1. The zero-order valence-electron chi connectivity index (χ0n) is 6.91. The largest absolute Gasteiger partial charge is 0.0931 e. The number of alkyl halides is 2. The van der Waals surface area contributed by atoms with Crippen molar-refractivity contribution in [2.75, 3.05) is 10.7 Å². The average molecular weight is 300 g/mol. The van der Waals surface area contributed by atoms with Crippen LogP contribution in [0.2, 0.25) is 24.2 Å². The molecule has 0 radical (unpaired) electrons. The summed E-state index contributed by atoms with van der Waals surface area (Å²) in [6.07, 6.45) is 3.04. The maximum absolute atomic E-state index is 3.58. The zero-order valence-corrected chi connectivity index (χ0v) is 11.1. The highest BCUT2D eigenvalue weighted by molar-refractivity contribution is 9.09. The summed E-state index contributed by atoms with van der Waals surface area (Å²) < 4.78 is 0. The van der Waals surface area contributed by atoms with Crippen LogP contribution in [0.5, 0.6) is 0 Å². The quantitative estimate of drug-likeness (QED) is 0.543. The van der Waals surface area contributed by atoms with Gasteiger partial charge in [-0.1, -0.05) is 56.8 Å². The molecule has 0 aliphatic carbocycles. The van der Waals surface area contributed by atoms with Crippen molar-refractivity contribution in [3.05, 3.63) is 0 Å². The Bertz CT molecular complexity index is 103. The van der Waals surface area contributed by atoms with E-state index >= 15 is 0 Å². The van der Waals surface area contributed by atoms with E-state index in [-0.39, 0.29) is 0 Å². The van der Waals surface area contributed by atoms with Gasteiger partial charge < -0.3 is 0 Å². The van der Waals surface area contributed by atoms with E-state index in [1.807, 2.05) is 0 Å². The Morgan fingerprint density at radius 3 is 1.73 bits per heavy atom. The Labute approximate surface area is 87.4 Å². The van der Waals surface area contributed by atoms with Gasteiger partial charge in [0.1, 0.15) is 0 Å². The first kappa shape index (κ1) is 10.3. The van der Waals surface area contributed by atoms with Crippen LogP contribution >= 0.6 is 31.9 Å². The number of rotatable bonds is 4. The molecule has 11 heavy (non-hydrogen) atoms. The minimum atomic E-state index is -0.726. The molecule has 0 spiro atoms. The van der Waals surface area contributed by atoms with E-state index in [1.54, 1.807) is 12.1 Å². The second-order valence-electron chi connectivity index (χ2n) is 3.59. The summed E-state index contributed by atoms with van der Waals surface area (Å²) in [6.45, 7) is 0. The van der Waals surface area contributed by atoms with Crippen LogP contribution in [-0.2, 0) is 0 Å². The van der Waals surface area contributed by atoms with E-state index in [1.165, 1.54) is 35.6 Å². The fourth-order valence-electron chi connectivity index (χ4n) is 2.15. The fraction of sp³-hybridized carbons (Fsp3) is 1.00. The molecule has 1 aliphatic rings. The van der Waals surface area contributed by atoms with Gasteiger partial charge in [0.25, 0.3) is 0 Å². The third kappa shape index (κ3) is 2.85. The predicted octanol–water partition coefficient (Wildman–Crippen LogP) is 4.02. The molecule has 0 amide bonds. The highest BCUT2D eigenvalue weighted by Gasteiger charge is 2.34. The lowest BCUT2D eigenvalue weighted by Crippen LogP contribution is -2.30. The second kappa shape index (κ2) is 5.03. The van der Waals surface area contributed by atoms with Crippen LogP contribution < -0.4 is 0 Å². The smallest absolute Gasteiger partial charge is 0.0552 e. The normalized spacial score (nSPS) is 22.4. The summed E-state index contributed by atoms with van der Waals surface area (Å²) in [5, 5.41) is 2.48. The van der Waals surface area contributed by atoms with E-state index < -0.39 is 8.07 Å². The third-order valence-electron chi connectivity index (χ3n) is 2.91. The Morgan fingerprint density at radius 2 is 1.36 bits per heavy atom. The van der Waals surface area contributed by atoms with Gasteiger partial charge in [0.05, 0.1) is 8.07 Å². The average Bonchev–Trinajstić information content (AvgIpc) is 2.39. The Kier molecular flexibility index (Phi) is 4.69. The van der Waals surface area contributed by atoms with Crippen molar-refractivity contribution in [1.29, 1.82) is 0 Å². The molecule has 0 unspecified atom stereocenters. The first-order chi connectivity index (χ1) is 5.33. The summed E-state index contributed by atoms with van der Waals surface area (Å²) in [7, 11) is -0.726. The molecule has 0 bridgehead atoms. The van der Waals surface area contributed by atoms with Crippen molar-refractivity contribution < 1.29 is 0 Å². The molecule has 0 aromatic heterocycles. The standard InChI is InChI=1S/C8H16Br2Si/c9-3-7-11(8-4-10)5-1-2-6-11/h1-8H2. The van der Waals surface area contributed by atoms with Crippen LogP contribution in [0.15, 0.2) is 0 Å². The summed E-state index contributed by atoms with van der Waals surface area (Å²) in [4.78, 5) is 0. The first-order valence-corrected chi connectivity index (χ1v) is 9.52. The van der Waals surface area contributed by atoms with Gasteiger partial charge in [-0.25, -0.2) is 0 Å². The van der Waals surface area contributed by atoms with E-state index in [0.717, 1.165) is 0 Å². The second-order valence-corrected chi connectivity index (χ2v) is 10.2. The van der Waals surface area contributed by atoms with Gasteiger partial charge in [-0.15, -0.1) is 0 Å². The van der Waals surface area contributed by atoms with Crippen molar-refractivity contribution in [2.45, 2.75) is 37.0 Å². The lowest BCUT2D eigenvalue weighted by Gasteiger charge is -2.24. The molecule has 1 saturated heterocycles. The number of hydrogen-bond acceptors (Lipinski definition) is 0. The monoisotopic (exact) mass is 298 g/mol. The van der Waals surface area contributed by atoms with E-state index in [0.29, 0.717) is 0 Å². The van der Waals surface area contributed by atoms with Crippen LogP contribution in [0.4, 0.5) is 0 Å². The molecule has 0 atom stereocenters. The molecule has 1 rings (SSSR count). The van der Waals surface area contributed by atoms with Crippen molar-refractivity contribution in [2.24, 2.45) is 0 Å². The summed E-state index contributed by atoms with van der Waals surface area (Å²) >= 11 is 7.17. The summed E-state index contributed by atoms with van der Waals surface area (Å²) in [6, 6.07) is 6.23. The lowest BCUT2D eigenvalue weighted by molar-refractivity contribution is 0.935. The Balaban J connectivity index is 2.40. The minimum Gasteiger partial charge on any atom is -0.0931 e. The van der Waals surface area contributed by atoms with Gasteiger partial charge in [-0.2, -0.15) is 0 Å². The molecule has 0 N–H and O–H groups in total. The third-order valence-corrected chi connectivity index (χ3v) is 10.6. The van der Waals surface area contributed by atoms with Crippen LogP contribution in [0.1, 0.15) is 12.8 Å². The molecule has 66 valence electrons. The number of hydrogen-bond donors (Lipinski definition) is 0. The molecular weight excluding hydrogens is 284 g/mol. The van der Waals surface area contributed by atoms with E-state index in [9.17, 15) is 0 Å². The van der Waals surface area contributed by atoms with Crippen molar-refractivity contribution >= 4 is 39.9 Å². The summed E-state index contributed by atoms with van der Waals surface area (Å²) in [5.74, 6) is 0. The fourth-order valence-corrected chi connectivity index (χ4v) is 11.5. The van der Waals surface area contributed by atoms with Crippen molar-refractivity contribution in [3.8, 4) is 0 Å². The molecule has 0 aromatic carbocycles.